The maximum Gasteiger partial charge on any atom is 0.240 e. The van der Waals surface area contributed by atoms with E-state index in [0.29, 0.717) is 5.75 Å². The molecule has 0 aliphatic carbocycles. The van der Waals surface area contributed by atoms with Crippen molar-refractivity contribution in [1.29, 1.82) is 0 Å². The smallest absolute Gasteiger partial charge is 0.240 e. The molecule has 1 aromatic heterocycles. The van der Waals surface area contributed by atoms with Crippen LogP contribution in [0.15, 0.2) is 24.4 Å². The highest BCUT2D eigenvalue weighted by Crippen LogP contribution is 2.46. The Labute approximate surface area is 137 Å². The number of amides is 1. The number of nitrogens with zero attached hydrogens (tertiary/aromatic N) is 2. The molecule has 3 rings (SSSR count). The summed E-state index contributed by atoms with van der Waals surface area (Å²) in [5.74, 6) is 1.98. The molecular weight excluding hydrogens is 320 g/mol. The average Bonchev–Trinajstić information content (AvgIpc) is 3.12. The molecule has 0 spiro atoms. The molecule has 1 fully saturated rings. The van der Waals surface area contributed by atoms with E-state index in [1.165, 1.54) is 11.3 Å². The van der Waals surface area contributed by atoms with Crippen LogP contribution in [-0.4, -0.2) is 30.9 Å². The number of anilines is 1. The van der Waals surface area contributed by atoms with Gasteiger partial charge in [0.05, 0.1) is 20.0 Å². The Morgan fingerprint density at radius 3 is 2.77 bits per heavy atom. The largest absolute Gasteiger partial charge is 0.497 e. The second-order valence-corrected chi connectivity index (χ2v) is 7.07. The maximum atomic E-state index is 12.3. The second-order valence-electron chi connectivity index (χ2n) is 4.79. The lowest BCUT2D eigenvalue weighted by Gasteiger charge is -2.23. The molecule has 1 saturated heterocycles. The molecule has 0 saturated carbocycles. The summed E-state index contributed by atoms with van der Waals surface area (Å²) in [6.07, 6.45) is 1.79. The molecule has 5 nitrogen and oxygen atoms in total. The summed E-state index contributed by atoms with van der Waals surface area (Å²) in [6.45, 7) is 1.98. The van der Waals surface area contributed by atoms with Crippen molar-refractivity contribution in [2.24, 2.45) is 0 Å². The Morgan fingerprint density at radius 1 is 1.32 bits per heavy atom. The molecule has 22 heavy (non-hydrogen) atoms. The third kappa shape index (κ3) is 2.66. The third-order valence-corrected chi connectivity index (χ3v) is 5.49. The highest BCUT2D eigenvalue weighted by atomic mass is 32.2. The number of aryl methyl sites for hydroxylation is 1. The summed E-state index contributed by atoms with van der Waals surface area (Å²) in [5, 5.41) is 0.575. The number of thiazole rings is 1. The number of carbonyl (C=O) groups is 1. The fourth-order valence-corrected chi connectivity index (χ4v) is 4.39. The van der Waals surface area contributed by atoms with Gasteiger partial charge in [-0.15, -0.1) is 23.1 Å². The van der Waals surface area contributed by atoms with Crippen LogP contribution in [0.1, 0.15) is 15.8 Å². The van der Waals surface area contributed by atoms with Crippen molar-refractivity contribution in [2.45, 2.75) is 12.3 Å². The van der Waals surface area contributed by atoms with Crippen LogP contribution in [0.5, 0.6) is 11.5 Å². The summed E-state index contributed by atoms with van der Waals surface area (Å²) >= 11 is 3.09. The van der Waals surface area contributed by atoms with Crippen molar-refractivity contribution in [3.05, 3.63) is 34.8 Å². The number of benzene rings is 1. The van der Waals surface area contributed by atoms with Crippen molar-refractivity contribution in [3.63, 3.8) is 0 Å². The monoisotopic (exact) mass is 336 g/mol. The van der Waals surface area contributed by atoms with Crippen LogP contribution < -0.4 is 14.4 Å². The van der Waals surface area contributed by atoms with Gasteiger partial charge in [-0.1, -0.05) is 0 Å². The van der Waals surface area contributed by atoms with Gasteiger partial charge in [0.25, 0.3) is 0 Å². The van der Waals surface area contributed by atoms with Gasteiger partial charge < -0.3 is 9.47 Å². The van der Waals surface area contributed by atoms with Crippen molar-refractivity contribution in [3.8, 4) is 11.5 Å². The van der Waals surface area contributed by atoms with E-state index >= 15 is 0 Å². The Bertz CT molecular complexity index is 702. The van der Waals surface area contributed by atoms with E-state index in [1.807, 2.05) is 25.1 Å². The number of rotatable bonds is 4. The fraction of sp³-hybridized carbons (Fsp3) is 0.333. The van der Waals surface area contributed by atoms with Gasteiger partial charge in [-0.25, -0.2) is 4.98 Å². The highest BCUT2D eigenvalue weighted by Gasteiger charge is 2.37. The molecule has 1 aliphatic heterocycles. The molecule has 2 heterocycles. The molecule has 0 radical (unpaired) electrons. The van der Waals surface area contributed by atoms with Crippen LogP contribution in [0.3, 0.4) is 0 Å². The molecule has 1 atom stereocenters. The van der Waals surface area contributed by atoms with Crippen LogP contribution in [0, 0.1) is 6.92 Å². The van der Waals surface area contributed by atoms with Crippen molar-refractivity contribution in [1.82, 2.24) is 4.98 Å². The minimum atomic E-state index is -0.150. The minimum absolute atomic E-state index is 0.0641. The first-order valence-electron chi connectivity index (χ1n) is 6.72. The van der Waals surface area contributed by atoms with Crippen molar-refractivity contribution >= 4 is 34.1 Å². The van der Waals surface area contributed by atoms with E-state index in [4.69, 9.17) is 9.47 Å². The molecule has 0 bridgehead atoms. The molecule has 1 aliphatic rings. The van der Waals surface area contributed by atoms with Crippen molar-refractivity contribution in [2.75, 3.05) is 24.9 Å². The molecule has 1 aromatic carbocycles. The minimum Gasteiger partial charge on any atom is -0.497 e. The Balaban J connectivity index is 2.04. The zero-order valence-corrected chi connectivity index (χ0v) is 14.2. The van der Waals surface area contributed by atoms with E-state index < -0.39 is 0 Å². The lowest BCUT2D eigenvalue weighted by atomic mass is 10.1. The summed E-state index contributed by atoms with van der Waals surface area (Å²) in [7, 11) is 3.26. The summed E-state index contributed by atoms with van der Waals surface area (Å²) < 4.78 is 10.8. The van der Waals surface area contributed by atoms with Gasteiger partial charge in [0.2, 0.25) is 5.91 Å². The number of thioether (sulfide) groups is 1. The molecule has 1 unspecified atom stereocenters. The van der Waals surface area contributed by atoms with Gasteiger partial charge in [0, 0.05) is 16.6 Å². The van der Waals surface area contributed by atoms with Gasteiger partial charge in [-0.3, -0.25) is 9.69 Å². The van der Waals surface area contributed by atoms with E-state index in [-0.39, 0.29) is 11.3 Å². The molecular formula is C15H16N2O3S2. The number of hydrogen-bond donors (Lipinski definition) is 0. The van der Waals surface area contributed by atoms with Gasteiger partial charge >= 0.3 is 0 Å². The summed E-state index contributed by atoms with van der Waals surface area (Å²) in [4.78, 5) is 19.5. The highest BCUT2D eigenvalue weighted by molar-refractivity contribution is 8.00. The average molecular weight is 336 g/mol. The lowest BCUT2D eigenvalue weighted by Crippen LogP contribution is -2.27. The first-order chi connectivity index (χ1) is 10.6. The standard InChI is InChI=1S/C15H16N2O3S2/c1-9-7-16-15(22-9)17-13(18)8-21-14(17)11-6-10(19-2)4-5-12(11)20-3/h4-7,14H,8H2,1-3H3. The number of hydrogen-bond acceptors (Lipinski definition) is 6. The SMILES string of the molecule is COc1ccc(OC)c(C2SCC(=O)N2c2ncc(C)s2)c1. The summed E-state index contributed by atoms with van der Waals surface area (Å²) in [5.41, 5.74) is 0.922. The maximum absolute atomic E-state index is 12.3. The predicted molar refractivity (Wildman–Crippen MR) is 89.1 cm³/mol. The zero-order chi connectivity index (χ0) is 15.7. The zero-order valence-electron chi connectivity index (χ0n) is 12.5. The topological polar surface area (TPSA) is 51.7 Å². The molecule has 1 amide bonds. The molecule has 0 N–H and O–H groups in total. The van der Waals surface area contributed by atoms with Crippen LogP contribution in [0.25, 0.3) is 0 Å². The van der Waals surface area contributed by atoms with Crippen LogP contribution in [0.2, 0.25) is 0 Å². The van der Waals surface area contributed by atoms with Crippen LogP contribution in [-0.2, 0) is 4.79 Å². The quantitative estimate of drug-likeness (QED) is 0.858. The van der Waals surface area contributed by atoms with E-state index in [9.17, 15) is 4.79 Å². The molecule has 116 valence electrons. The number of aromatic nitrogens is 1. The first-order valence-corrected chi connectivity index (χ1v) is 8.58. The number of carbonyl (C=O) groups excluding carboxylic acids is 1. The second kappa shape index (κ2) is 6.18. The van der Waals surface area contributed by atoms with E-state index in [1.54, 1.807) is 37.1 Å². The normalized spacial score (nSPS) is 17.9. The number of methoxy groups -OCH3 is 2. The molecule has 7 heteroatoms. The van der Waals surface area contributed by atoms with Crippen LogP contribution in [0.4, 0.5) is 5.13 Å². The van der Waals surface area contributed by atoms with E-state index in [2.05, 4.69) is 4.98 Å². The summed E-state index contributed by atoms with van der Waals surface area (Å²) in [6, 6.07) is 5.63. The van der Waals surface area contributed by atoms with E-state index in [0.717, 1.165) is 27.1 Å². The van der Waals surface area contributed by atoms with Crippen molar-refractivity contribution < 1.29 is 14.3 Å². The van der Waals surface area contributed by atoms with Gasteiger partial charge in [-0.2, -0.15) is 0 Å². The van der Waals surface area contributed by atoms with Gasteiger partial charge in [0.15, 0.2) is 5.13 Å². The third-order valence-electron chi connectivity index (χ3n) is 3.39. The van der Waals surface area contributed by atoms with Gasteiger partial charge in [0.1, 0.15) is 16.9 Å². The van der Waals surface area contributed by atoms with Crippen LogP contribution >= 0.6 is 23.1 Å². The molecule has 2 aromatic rings. The first kappa shape index (κ1) is 15.2. The Hall–Kier alpha value is -1.73. The predicted octanol–water partition coefficient (Wildman–Crippen LogP) is 3.25. The van der Waals surface area contributed by atoms with Gasteiger partial charge in [-0.05, 0) is 25.1 Å². The fourth-order valence-electron chi connectivity index (χ4n) is 2.35. The lowest BCUT2D eigenvalue weighted by molar-refractivity contribution is -0.115. The number of ether oxygens (including phenoxy) is 2. The Kier molecular flexibility index (Phi) is 4.26. The Morgan fingerprint density at radius 2 is 2.14 bits per heavy atom.